The molecule has 3 rings (SSSR count). The molecule has 0 aliphatic carbocycles. The Morgan fingerprint density at radius 2 is 1.88 bits per heavy atom. The monoisotopic (exact) mass is 520 g/mol. The number of carboxylic acids is 1. The summed E-state index contributed by atoms with van der Waals surface area (Å²) in [6, 6.07) is 9.82. The van der Waals surface area contributed by atoms with Gasteiger partial charge in [0.1, 0.15) is 0 Å². The summed E-state index contributed by atoms with van der Waals surface area (Å²) in [6.45, 7) is 2.56. The van der Waals surface area contributed by atoms with Crippen molar-refractivity contribution in [3.63, 3.8) is 0 Å². The number of halogens is 4. The second-order valence-corrected chi connectivity index (χ2v) is 8.69. The average molecular weight is 521 g/mol. The minimum Gasteiger partial charge on any atom is -0.475 e. The van der Waals surface area contributed by atoms with E-state index in [0.717, 1.165) is 15.7 Å². The molecule has 176 valence electrons. The van der Waals surface area contributed by atoms with Crippen LogP contribution in [0.15, 0.2) is 40.9 Å². The van der Waals surface area contributed by atoms with E-state index in [9.17, 15) is 18.0 Å². The van der Waals surface area contributed by atoms with E-state index in [1.807, 2.05) is 37.3 Å². The van der Waals surface area contributed by atoms with Gasteiger partial charge in [-0.2, -0.15) is 13.2 Å². The van der Waals surface area contributed by atoms with Gasteiger partial charge in [-0.15, -0.1) is 10.2 Å². The van der Waals surface area contributed by atoms with Crippen LogP contribution in [0.4, 0.5) is 24.3 Å². The normalized spacial score (nSPS) is 10.7. The molecule has 15 heteroatoms. The lowest BCUT2D eigenvalue weighted by atomic mass is 10.2. The van der Waals surface area contributed by atoms with E-state index in [1.54, 1.807) is 11.8 Å². The average Bonchev–Trinajstić information content (AvgIpc) is 3.20. The number of amides is 1. The number of rotatable bonds is 7. The summed E-state index contributed by atoms with van der Waals surface area (Å²) in [5.41, 5.74) is 1.16. The molecule has 1 amide bonds. The van der Waals surface area contributed by atoms with Crippen LogP contribution in [0.5, 0.6) is 0 Å². The highest BCUT2D eigenvalue weighted by atomic mass is 35.5. The SMILES string of the molecule is CCSc1nnc(NC(=O)c2nc(NCc3ccccc3)ncc2Cl)s1.O=C(O)C(F)(F)F. The van der Waals surface area contributed by atoms with Crippen molar-refractivity contribution >= 4 is 57.7 Å². The van der Waals surface area contributed by atoms with E-state index in [4.69, 9.17) is 21.5 Å². The van der Waals surface area contributed by atoms with Gasteiger partial charge in [-0.25, -0.2) is 14.8 Å². The van der Waals surface area contributed by atoms with E-state index in [2.05, 4.69) is 30.8 Å². The number of alkyl halides is 3. The number of hydrogen-bond acceptors (Lipinski definition) is 9. The molecule has 0 saturated heterocycles. The first-order valence-electron chi connectivity index (χ1n) is 8.98. The zero-order valence-electron chi connectivity index (χ0n) is 16.8. The van der Waals surface area contributed by atoms with Gasteiger partial charge in [0, 0.05) is 6.54 Å². The number of thioether (sulfide) groups is 1. The second kappa shape index (κ2) is 12.3. The summed E-state index contributed by atoms with van der Waals surface area (Å²) in [5, 5.41) is 21.4. The van der Waals surface area contributed by atoms with E-state index in [0.29, 0.717) is 17.6 Å². The van der Waals surface area contributed by atoms with Gasteiger partial charge in [-0.05, 0) is 11.3 Å². The van der Waals surface area contributed by atoms with Crippen LogP contribution in [0.2, 0.25) is 5.02 Å². The molecule has 0 atom stereocenters. The van der Waals surface area contributed by atoms with Crippen molar-refractivity contribution in [2.24, 2.45) is 0 Å². The van der Waals surface area contributed by atoms with Crippen LogP contribution >= 0.6 is 34.7 Å². The number of carbonyl (C=O) groups is 2. The lowest BCUT2D eigenvalue weighted by Gasteiger charge is -2.07. The lowest BCUT2D eigenvalue weighted by molar-refractivity contribution is -0.192. The smallest absolute Gasteiger partial charge is 0.475 e. The molecule has 3 aromatic rings. The predicted octanol–water partition coefficient (Wildman–Crippen LogP) is 4.59. The molecule has 3 N–H and O–H groups in total. The van der Waals surface area contributed by atoms with Crippen molar-refractivity contribution in [3.05, 3.63) is 52.8 Å². The van der Waals surface area contributed by atoms with Crippen molar-refractivity contribution in [1.82, 2.24) is 20.2 Å². The standard InChI is InChI=1S/C16H15ClN6OS2.C2HF3O2/c1-2-25-16-23-22-15(26-16)21-13(24)12-11(17)9-19-14(20-12)18-8-10-6-4-3-5-7-10;3-2(4,5)1(6)7/h3-7,9H,2,8H2,1H3,(H,18,19,20)(H,21,22,24);(H,6,7). The first-order chi connectivity index (χ1) is 15.6. The Balaban J connectivity index is 0.000000479. The maximum absolute atomic E-state index is 12.4. The van der Waals surface area contributed by atoms with Crippen LogP contribution in [-0.2, 0) is 11.3 Å². The molecule has 0 aliphatic heterocycles. The zero-order valence-corrected chi connectivity index (χ0v) is 19.1. The highest BCUT2D eigenvalue weighted by molar-refractivity contribution is 8.01. The van der Waals surface area contributed by atoms with E-state index >= 15 is 0 Å². The molecule has 9 nitrogen and oxygen atoms in total. The quantitative estimate of drug-likeness (QED) is 0.302. The van der Waals surface area contributed by atoms with Crippen LogP contribution in [0.3, 0.4) is 0 Å². The Hall–Kier alpha value is -2.97. The molecular formula is C18H16ClF3N6O3S2. The Bertz CT molecular complexity index is 1090. The van der Waals surface area contributed by atoms with Crippen molar-refractivity contribution in [2.75, 3.05) is 16.4 Å². The third-order valence-electron chi connectivity index (χ3n) is 3.39. The van der Waals surface area contributed by atoms with Crippen LogP contribution < -0.4 is 10.6 Å². The summed E-state index contributed by atoms with van der Waals surface area (Å²) >= 11 is 8.94. The fraction of sp³-hybridized carbons (Fsp3) is 0.222. The summed E-state index contributed by atoms with van der Waals surface area (Å²) in [7, 11) is 0. The molecule has 33 heavy (non-hydrogen) atoms. The van der Waals surface area contributed by atoms with Gasteiger partial charge < -0.3 is 10.4 Å². The van der Waals surface area contributed by atoms with Crippen LogP contribution in [0.25, 0.3) is 0 Å². The minimum atomic E-state index is -5.08. The number of nitrogens with zero attached hydrogens (tertiary/aromatic N) is 4. The molecule has 0 aliphatic rings. The fourth-order valence-electron chi connectivity index (χ4n) is 1.99. The predicted molar refractivity (Wildman–Crippen MR) is 119 cm³/mol. The lowest BCUT2D eigenvalue weighted by Crippen LogP contribution is -2.21. The largest absolute Gasteiger partial charge is 0.490 e. The Morgan fingerprint density at radius 1 is 1.21 bits per heavy atom. The third-order valence-corrected chi connectivity index (χ3v) is 5.52. The first-order valence-corrected chi connectivity index (χ1v) is 11.2. The second-order valence-electron chi connectivity index (χ2n) is 5.79. The number of anilines is 2. The Labute approximate surface area is 198 Å². The number of benzene rings is 1. The van der Waals surface area contributed by atoms with Crippen molar-refractivity contribution in [3.8, 4) is 0 Å². The highest BCUT2D eigenvalue weighted by Gasteiger charge is 2.38. The molecule has 0 bridgehead atoms. The maximum atomic E-state index is 12.4. The van der Waals surface area contributed by atoms with Gasteiger partial charge >= 0.3 is 12.1 Å². The first kappa shape index (κ1) is 26.3. The molecule has 0 radical (unpaired) electrons. The number of aromatic nitrogens is 4. The van der Waals surface area contributed by atoms with E-state index < -0.39 is 18.1 Å². The highest BCUT2D eigenvalue weighted by Crippen LogP contribution is 2.26. The van der Waals surface area contributed by atoms with E-state index in [-0.39, 0.29) is 10.7 Å². The molecule has 1 aromatic carbocycles. The van der Waals surface area contributed by atoms with Crippen LogP contribution in [0.1, 0.15) is 23.0 Å². The van der Waals surface area contributed by atoms with Gasteiger partial charge in [0.05, 0.1) is 11.2 Å². The summed E-state index contributed by atoms with van der Waals surface area (Å²) in [5.74, 6) is -2.00. The Morgan fingerprint density at radius 3 is 2.48 bits per heavy atom. The topological polar surface area (TPSA) is 130 Å². The van der Waals surface area contributed by atoms with Crippen molar-refractivity contribution in [2.45, 2.75) is 24.0 Å². The minimum absolute atomic E-state index is 0.0807. The van der Waals surface area contributed by atoms with Gasteiger partial charge in [0.2, 0.25) is 11.1 Å². The van der Waals surface area contributed by atoms with Gasteiger partial charge in [-0.3, -0.25) is 10.1 Å². The number of aliphatic carboxylic acids is 1. The number of nitrogens with one attached hydrogen (secondary N) is 2. The van der Waals surface area contributed by atoms with Crippen LogP contribution in [-0.4, -0.2) is 49.1 Å². The Kier molecular flexibility index (Phi) is 9.81. The van der Waals surface area contributed by atoms with Gasteiger partial charge in [-0.1, -0.05) is 72.0 Å². The number of hydrogen-bond donors (Lipinski definition) is 3. The van der Waals surface area contributed by atoms with Crippen molar-refractivity contribution in [1.29, 1.82) is 0 Å². The molecule has 0 unspecified atom stereocenters. The van der Waals surface area contributed by atoms with Crippen molar-refractivity contribution < 1.29 is 27.9 Å². The molecule has 2 heterocycles. The summed E-state index contributed by atoms with van der Waals surface area (Å²) in [4.78, 5) is 29.7. The van der Waals surface area contributed by atoms with Crippen LogP contribution in [0, 0.1) is 0 Å². The molecule has 0 saturated carbocycles. The van der Waals surface area contributed by atoms with Gasteiger partial charge in [0.25, 0.3) is 5.91 Å². The number of carbonyl (C=O) groups excluding carboxylic acids is 1. The molecule has 2 aromatic heterocycles. The number of carboxylic acid groups (broad SMARTS) is 1. The summed E-state index contributed by atoms with van der Waals surface area (Å²) < 4.78 is 32.5. The van der Waals surface area contributed by atoms with E-state index in [1.165, 1.54) is 17.5 Å². The zero-order chi connectivity index (χ0) is 24.4. The van der Waals surface area contributed by atoms with Gasteiger partial charge in [0.15, 0.2) is 10.0 Å². The summed E-state index contributed by atoms with van der Waals surface area (Å²) in [6.07, 6.45) is -3.69. The maximum Gasteiger partial charge on any atom is 0.490 e. The molecule has 0 spiro atoms. The molecule has 0 fully saturated rings. The molecular weight excluding hydrogens is 505 g/mol. The fourth-order valence-corrected chi connectivity index (χ4v) is 3.81. The third kappa shape index (κ3) is 8.82.